The standard InChI is InChI=1S/C42H43F2N7O4/c43-30-20-28(21-31(44)23-30)18-26-4-8-37-36(22-26)40(49-48-37)47-42(54)35-6-5-33(24-38(35)45-32-10-16-55-17-11-32)51-14-12-50(13-15-51)25-27-2-1-3-29(19-27)34-7-9-39(52)46-41(34)53/h1-6,8,19-24,32,34,45H,7,9-18,25H2,(H,46,52,53)(H2,47,48,49,54). The molecular weight excluding hydrogens is 705 g/mol. The summed E-state index contributed by atoms with van der Waals surface area (Å²) in [5, 5.41) is 17.2. The monoisotopic (exact) mass is 747 g/mol. The van der Waals surface area contributed by atoms with Gasteiger partial charge in [-0.15, -0.1) is 0 Å². The van der Waals surface area contributed by atoms with Crippen LogP contribution in [0.1, 0.15) is 64.2 Å². The van der Waals surface area contributed by atoms with Crippen LogP contribution in [0.25, 0.3) is 10.9 Å². The third-order valence-electron chi connectivity index (χ3n) is 10.8. The lowest BCUT2D eigenvalue weighted by molar-refractivity contribution is -0.134. The Morgan fingerprint density at radius 2 is 1.65 bits per heavy atom. The van der Waals surface area contributed by atoms with Crippen LogP contribution in [0.15, 0.2) is 78.9 Å². The summed E-state index contributed by atoms with van der Waals surface area (Å²) in [4.78, 5) is 42.8. The second-order valence-corrected chi connectivity index (χ2v) is 14.6. The number of imide groups is 1. The highest BCUT2D eigenvalue weighted by molar-refractivity contribution is 6.11. The number of piperazine rings is 1. The average Bonchev–Trinajstić information content (AvgIpc) is 3.56. The number of halogens is 2. The molecule has 3 fully saturated rings. The molecule has 4 N–H and O–H groups in total. The van der Waals surface area contributed by atoms with Crippen LogP contribution >= 0.6 is 0 Å². The number of H-pyrrole nitrogens is 1. The quantitative estimate of drug-likeness (QED) is 0.126. The minimum absolute atomic E-state index is 0.157. The molecule has 0 spiro atoms. The number of nitrogens with zero attached hydrogens (tertiary/aromatic N) is 3. The molecule has 8 rings (SSSR count). The number of aromatic nitrogens is 2. The van der Waals surface area contributed by atoms with Crippen molar-refractivity contribution >= 4 is 45.8 Å². The Morgan fingerprint density at radius 3 is 2.44 bits per heavy atom. The zero-order chi connectivity index (χ0) is 37.9. The van der Waals surface area contributed by atoms with Gasteiger partial charge in [-0.3, -0.25) is 29.7 Å². The molecule has 1 atom stereocenters. The molecule has 4 aromatic carbocycles. The molecule has 3 aliphatic rings. The topological polar surface area (TPSA) is 132 Å². The molecule has 1 unspecified atom stereocenters. The molecule has 55 heavy (non-hydrogen) atoms. The van der Waals surface area contributed by atoms with Gasteiger partial charge in [0.1, 0.15) is 11.6 Å². The maximum atomic E-state index is 14.0. The third-order valence-corrected chi connectivity index (χ3v) is 10.8. The smallest absolute Gasteiger partial charge is 0.258 e. The normalized spacial score (nSPS) is 18.4. The van der Waals surface area contributed by atoms with Crippen LogP contribution in [0.2, 0.25) is 0 Å². The van der Waals surface area contributed by atoms with E-state index in [2.05, 4.69) is 54.1 Å². The molecule has 0 radical (unpaired) electrons. The molecule has 284 valence electrons. The first-order valence-electron chi connectivity index (χ1n) is 18.9. The van der Waals surface area contributed by atoms with Gasteiger partial charge in [-0.2, -0.15) is 5.10 Å². The predicted octanol–water partition coefficient (Wildman–Crippen LogP) is 6.12. The molecular formula is C42H43F2N7O4. The first kappa shape index (κ1) is 36.3. The molecule has 4 heterocycles. The van der Waals surface area contributed by atoms with Crippen molar-refractivity contribution in [2.45, 2.75) is 50.6 Å². The number of carbonyl (C=O) groups excluding carboxylic acids is 3. The van der Waals surface area contributed by atoms with E-state index in [1.807, 2.05) is 42.5 Å². The van der Waals surface area contributed by atoms with Crippen molar-refractivity contribution in [1.29, 1.82) is 0 Å². The summed E-state index contributed by atoms with van der Waals surface area (Å²) < 4.78 is 33.3. The van der Waals surface area contributed by atoms with E-state index in [-0.39, 0.29) is 29.7 Å². The molecule has 13 heteroatoms. The van der Waals surface area contributed by atoms with Crippen molar-refractivity contribution in [3.8, 4) is 0 Å². The van der Waals surface area contributed by atoms with Crippen molar-refractivity contribution in [3.05, 3.63) is 118 Å². The van der Waals surface area contributed by atoms with Crippen molar-refractivity contribution in [2.75, 3.05) is 54.9 Å². The van der Waals surface area contributed by atoms with Crippen molar-refractivity contribution in [3.63, 3.8) is 0 Å². The lowest BCUT2D eigenvalue weighted by atomic mass is 9.89. The lowest BCUT2D eigenvalue weighted by Gasteiger charge is -2.36. The summed E-state index contributed by atoms with van der Waals surface area (Å²) in [7, 11) is 0. The van der Waals surface area contributed by atoms with Gasteiger partial charge in [0, 0.05) is 81.2 Å². The van der Waals surface area contributed by atoms with Crippen LogP contribution in [0.4, 0.5) is 26.0 Å². The number of aromatic amines is 1. The van der Waals surface area contributed by atoms with E-state index in [1.165, 1.54) is 12.1 Å². The second-order valence-electron chi connectivity index (χ2n) is 14.6. The number of hydrogen-bond acceptors (Lipinski definition) is 8. The minimum Gasteiger partial charge on any atom is -0.381 e. The second kappa shape index (κ2) is 16.0. The zero-order valence-electron chi connectivity index (χ0n) is 30.4. The number of piperidine rings is 1. The molecule has 3 aliphatic heterocycles. The molecule has 11 nitrogen and oxygen atoms in total. The number of hydrogen-bond donors (Lipinski definition) is 4. The summed E-state index contributed by atoms with van der Waals surface area (Å²) in [6, 6.07) is 23.2. The minimum atomic E-state index is -0.627. The Morgan fingerprint density at radius 1 is 0.855 bits per heavy atom. The van der Waals surface area contributed by atoms with Crippen LogP contribution in [-0.2, 0) is 27.3 Å². The van der Waals surface area contributed by atoms with Crippen LogP contribution in [0, 0.1) is 11.6 Å². The number of anilines is 3. The predicted molar refractivity (Wildman–Crippen MR) is 206 cm³/mol. The number of carbonyl (C=O) groups is 3. The lowest BCUT2D eigenvalue weighted by Crippen LogP contribution is -2.46. The fourth-order valence-corrected chi connectivity index (χ4v) is 7.84. The first-order valence-corrected chi connectivity index (χ1v) is 18.9. The number of rotatable bonds is 10. The Kier molecular flexibility index (Phi) is 10.6. The molecule has 5 aromatic rings. The Hall–Kier alpha value is -5.66. The van der Waals surface area contributed by atoms with Crippen LogP contribution in [-0.4, -0.2) is 78.3 Å². The summed E-state index contributed by atoms with van der Waals surface area (Å²) in [6.07, 6.45) is 2.86. The molecule has 0 aliphatic carbocycles. The van der Waals surface area contributed by atoms with E-state index < -0.39 is 11.6 Å². The van der Waals surface area contributed by atoms with Crippen LogP contribution in [0.3, 0.4) is 0 Å². The van der Waals surface area contributed by atoms with Gasteiger partial charge in [0.25, 0.3) is 5.91 Å². The first-order chi connectivity index (χ1) is 26.7. The maximum absolute atomic E-state index is 14.0. The van der Waals surface area contributed by atoms with E-state index in [0.717, 1.165) is 85.2 Å². The molecule has 1 aromatic heterocycles. The fourth-order valence-electron chi connectivity index (χ4n) is 7.84. The highest BCUT2D eigenvalue weighted by atomic mass is 19.1. The van der Waals surface area contributed by atoms with E-state index >= 15 is 0 Å². The highest BCUT2D eigenvalue weighted by Crippen LogP contribution is 2.30. The molecule has 3 amide bonds. The van der Waals surface area contributed by atoms with Crippen molar-refractivity contribution in [2.24, 2.45) is 0 Å². The summed E-state index contributed by atoms with van der Waals surface area (Å²) in [5.74, 6) is -1.93. The van der Waals surface area contributed by atoms with E-state index in [4.69, 9.17) is 4.74 Å². The van der Waals surface area contributed by atoms with Crippen molar-refractivity contribution in [1.82, 2.24) is 20.4 Å². The average molecular weight is 748 g/mol. The fraction of sp³-hybridized carbons (Fsp3) is 0.333. The van der Waals surface area contributed by atoms with Gasteiger partial charge in [0.15, 0.2) is 5.82 Å². The number of benzene rings is 4. The SMILES string of the molecule is O=C1CCC(c2cccc(CN3CCN(c4ccc(C(=O)Nc5n[nH]c6ccc(Cc7cc(F)cc(F)c7)cc56)c(NC5CCOCC5)c4)CC3)c2)C(=O)N1. The Balaban J connectivity index is 0.958. The summed E-state index contributed by atoms with van der Waals surface area (Å²) in [6.45, 7) is 5.36. The van der Waals surface area contributed by atoms with Crippen LogP contribution < -0.4 is 20.9 Å². The van der Waals surface area contributed by atoms with Gasteiger partial charge in [-0.1, -0.05) is 30.3 Å². The van der Waals surface area contributed by atoms with Gasteiger partial charge in [-0.25, -0.2) is 8.78 Å². The van der Waals surface area contributed by atoms with Crippen molar-refractivity contribution < 1.29 is 27.9 Å². The van der Waals surface area contributed by atoms with E-state index in [0.29, 0.717) is 54.8 Å². The Bertz CT molecular complexity index is 2210. The highest BCUT2D eigenvalue weighted by Gasteiger charge is 2.28. The summed E-state index contributed by atoms with van der Waals surface area (Å²) >= 11 is 0. The summed E-state index contributed by atoms with van der Waals surface area (Å²) in [5.41, 5.74) is 6.39. The van der Waals surface area contributed by atoms with E-state index in [1.54, 1.807) is 0 Å². The van der Waals surface area contributed by atoms with Gasteiger partial charge in [0.2, 0.25) is 11.8 Å². The largest absolute Gasteiger partial charge is 0.381 e. The number of fused-ring (bicyclic) bond motifs is 1. The zero-order valence-corrected chi connectivity index (χ0v) is 30.4. The number of nitrogens with one attached hydrogen (secondary N) is 4. The Labute approximate surface area is 317 Å². The van der Waals surface area contributed by atoms with Gasteiger partial charge >= 0.3 is 0 Å². The van der Waals surface area contributed by atoms with Gasteiger partial charge < -0.3 is 20.3 Å². The van der Waals surface area contributed by atoms with E-state index in [9.17, 15) is 23.2 Å². The number of amides is 3. The molecule has 3 saturated heterocycles. The number of ether oxygens (including phenoxy) is 1. The van der Waals surface area contributed by atoms with Gasteiger partial charge in [-0.05, 0) is 90.4 Å². The third kappa shape index (κ3) is 8.53. The maximum Gasteiger partial charge on any atom is 0.258 e. The van der Waals surface area contributed by atoms with Crippen LogP contribution in [0.5, 0.6) is 0 Å². The molecule has 0 saturated carbocycles. The van der Waals surface area contributed by atoms with Gasteiger partial charge in [0.05, 0.1) is 17.0 Å². The molecule has 0 bridgehead atoms.